The van der Waals surface area contributed by atoms with E-state index in [4.69, 9.17) is 0 Å². The molecule has 212 valence electrons. The third kappa shape index (κ3) is 3.44. The fourth-order valence-corrected chi connectivity index (χ4v) is 7.59. The molecular formula is C42H26N4+2. The van der Waals surface area contributed by atoms with Gasteiger partial charge < -0.3 is 0 Å². The van der Waals surface area contributed by atoms with Gasteiger partial charge in [-0.15, -0.1) is 0 Å². The molecule has 0 amide bonds. The summed E-state index contributed by atoms with van der Waals surface area (Å²) in [4.78, 5) is 8.79. The van der Waals surface area contributed by atoms with Crippen molar-refractivity contribution in [3.63, 3.8) is 0 Å². The van der Waals surface area contributed by atoms with Crippen LogP contribution in [0.25, 0.3) is 88.0 Å². The highest BCUT2D eigenvalue weighted by molar-refractivity contribution is 6.33. The molecule has 6 aromatic carbocycles. The minimum Gasteiger partial charge on any atom is -0.264 e. The van der Waals surface area contributed by atoms with E-state index in [0.717, 1.165) is 11.4 Å². The highest BCUT2D eigenvalue weighted by Crippen LogP contribution is 2.44. The lowest BCUT2D eigenvalue weighted by atomic mass is 9.88. The van der Waals surface area contributed by atoms with Gasteiger partial charge in [-0.3, -0.25) is 9.97 Å². The van der Waals surface area contributed by atoms with E-state index in [-0.39, 0.29) is 0 Å². The van der Waals surface area contributed by atoms with Crippen molar-refractivity contribution in [3.05, 3.63) is 158 Å². The first-order valence-corrected chi connectivity index (χ1v) is 15.6. The lowest BCUT2D eigenvalue weighted by Crippen LogP contribution is -2.37. The molecule has 0 bridgehead atoms. The predicted molar refractivity (Wildman–Crippen MR) is 186 cm³/mol. The highest BCUT2D eigenvalue weighted by atomic mass is 15.0. The fraction of sp³-hybridized carbons (Fsp3) is 0. The Balaban J connectivity index is 1.54. The van der Waals surface area contributed by atoms with E-state index in [2.05, 4.69) is 153 Å². The van der Waals surface area contributed by atoms with Crippen LogP contribution >= 0.6 is 0 Å². The van der Waals surface area contributed by atoms with Gasteiger partial charge in [0.15, 0.2) is 0 Å². The molecule has 0 saturated heterocycles. The van der Waals surface area contributed by atoms with E-state index in [1.54, 1.807) is 0 Å². The molecule has 0 fully saturated rings. The molecule has 0 N–H and O–H groups in total. The van der Waals surface area contributed by atoms with Crippen molar-refractivity contribution in [2.75, 3.05) is 0 Å². The van der Waals surface area contributed by atoms with Gasteiger partial charge in [0.1, 0.15) is 0 Å². The Hall–Kier alpha value is -6.26. The van der Waals surface area contributed by atoms with Gasteiger partial charge in [-0.25, -0.2) is 0 Å². The molecule has 0 aliphatic rings. The Kier molecular flexibility index (Phi) is 5.25. The molecule has 10 rings (SSSR count). The number of rotatable bonds is 4. The largest absolute Gasteiger partial charge is 0.264 e. The normalized spacial score (nSPS) is 11.9. The molecule has 0 aliphatic carbocycles. The van der Waals surface area contributed by atoms with Crippen LogP contribution in [0.1, 0.15) is 0 Å². The Morgan fingerprint density at radius 3 is 1.15 bits per heavy atom. The summed E-state index contributed by atoms with van der Waals surface area (Å²) in [6.07, 6.45) is 7.56. The van der Waals surface area contributed by atoms with Gasteiger partial charge in [0.05, 0.1) is 32.7 Å². The number of hydrogen-bond donors (Lipinski definition) is 0. The zero-order chi connectivity index (χ0) is 30.2. The Bertz CT molecular complexity index is 2520. The number of aromatic nitrogens is 4. The third-order valence-corrected chi connectivity index (χ3v) is 9.46. The molecule has 0 atom stereocenters. The minimum absolute atomic E-state index is 1.09. The van der Waals surface area contributed by atoms with Gasteiger partial charge in [0.2, 0.25) is 33.4 Å². The van der Waals surface area contributed by atoms with Crippen LogP contribution in [0.5, 0.6) is 0 Å². The number of nitrogens with zero attached hydrogens (tertiary/aromatic N) is 4. The summed E-state index contributed by atoms with van der Waals surface area (Å²) < 4.78 is 4.91. The first kappa shape index (κ1) is 25.1. The average Bonchev–Trinajstić information content (AvgIpc) is 3.14. The third-order valence-electron chi connectivity index (χ3n) is 9.46. The maximum atomic E-state index is 4.39. The second-order valence-corrected chi connectivity index (χ2v) is 11.9. The van der Waals surface area contributed by atoms with Crippen molar-refractivity contribution in [2.24, 2.45) is 0 Å². The molecule has 0 saturated carbocycles. The second-order valence-electron chi connectivity index (χ2n) is 11.9. The summed E-state index contributed by atoms with van der Waals surface area (Å²) in [5, 5.41) is 7.48. The van der Waals surface area contributed by atoms with Crippen molar-refractivity contribution >= 4 is 54.4 Å². The second kappa shape index (κ2) is 9.62. The number of benzene rings is 6. The van der Waals surface area contributed by atoms with Crippen LogP contribution in [0.3, 0.4) is 0 Å². The summed E-state index contributed by atoms with van der Waals surface area (Å²) in [6, 6.07) is 48.3. The maximum Gasteiger partial charge on any atom is 0.228 e. The van der Waals surface area contributed by atoms with Crippen molar-refractivity contribution in [2.45, 2.75) is 0 Å². The van der Waals surface area contributed by atoms with E-state index in [1.807, 2.05) is 24.8 Å². The van der Waals surface area contributed by atoms with Gasteiger partial charge >= 0.3 is 0 Å². The molecule has 4 heteroatoms. The summed E-state index contributed by atoms with van der Waals surface area (Å²) in [6.45, 7) is 0. The number of hydrogen-bond acceptors (Lipinski definition) is 2. The monoisotopic (exact) mass is 586 g/mol. The van der Waals surface area contributed by atoms with Crippen LogP contribution < -0.4 is 9.13 Å². The predicted octanol–water partition coefficient (Wildman–Crippen LogP) is 9.01. The first-order chi connectivity index (χ1) is 22.9. The molecule has 4 aromatic heterocycles. The Morgan fingerprint density at radius 2 is 0.739 bits per heavy atom. The first-order valence-electron chi connectivity index (χ1n) is 15.6. The van der Waals surface area contributed by atoms with Gasteiger partial charge in [-0.05, 0) is 46.2 Å². The summed E-state index contributed by atoms with van der Waals surface area (Å²) in [7, 11) is 0. The van der Waals surface area contributed by atoms with Crippen LogP contribution in [0, 0.1) is 0 Å². The highest BCUT2D eigenvalue weighted by Gasteiger charge is 2.34. The zero-order valence-electron chi connectivity index (χ0n) is 24.8. The number of pyridine rings is 4. The van der Waals surface area contributed by atoms with E-state index < -0.39 is 0 Å². The summed E-state index contributed by atoms with van der Waals surface area (Å²) in [5.74, 6) is 0. The van der Waals surface area contributed by atoms with Crippen LogP contribution in [0.15, 0.2) is 158 Å². The van der Waals surface area contributed by atoms with Crippen molar-refractivity contribution in [1.29, 1.82) is 0 Å². The van der Waals surface area contributed by atoms with Gasteiger partial charge in [-0.1, -0.05) is 72.8 Å². The smallest absolute Gasteiger partial charge is 0.228 e. The van der Waals surface area contributed by atoms with Crippen molar-refractivity contribution < 1.29 is 9.13 Å². The molecule has 4 nitrogen and oxygen atoms in total. The van der Waals surface area contributed by atoms with Crippen LogP contribution in [-0.4, -0.2) is 9.97 Å². The molecule has 4 heterocycles. The standard InChI is InChI=1S/C42H26N4/c1-3-7-27(8-4-1)33-15-11-29-13-18-36-39-37(29)41(33)45(31-19-23-43-24-20-31)35-17-14-30-12-16-34(28-9-5-2-6-10-28)42(38(30)40(35)39)46(36)32-21-25-44-26-22-32/h1-26H/q+2. The molecular weight excluding hydrogens is 560 g/mol. The SMILES string of the molecule is c1ccc(-c2ccc3ccc4c5c6c7c(ccc(-c8ccccc8)c7[n+]4-c4ccncc4)ccc6[n+](-c4ccncc4)c2c35)cc1. The summed E-state index contributed by atoms with van der Waals surface area (Å²) >= 11 is 0. The van der Waals surface area contributed by atoms with Crippen LogP contribution in [0.2, 0.25) is 0 Å². The zero-order valence-corrected chi connectivity index (χ0v) is 24.8. The maximum absolute atomic E-state index is 4.39. The van der Waals surface area contributed by atoms with Gasteiger partial charge in [-0.2, -0.15) is 9.13 Å². The lowest BCUT2D eigenvalue weighted by Gasteiger charge is -2.18. The van der Waals surface area contributed by atoms with E-state index in [9.17, 15) is 0 Å². The fourth-order valence-electron chi connectivity index (χ4n) is 7.59. The molecule has 0 aliphatic heterocycles. The average molecular weight is 587 g/mol. The Morgan fingerprint density at radius 1 is 0.348 bits per heavy atom. The van der Waals surface area contributed by atoms with E-state index in [1.165, 1.54) is 76.6 Å². The summed E-state index contributed by atoms with van der Waals surface area (Å²) in [5.41, 5.74) is 11.7. The molecule has 0 spiro atoms. The van der Waals surface area contributed by atoms with Gasteiger partial charge in [0.25, 0.3) is 0 Å². The van der Waals surface area contributed by atoms with Crippen molar-refractivity contribution in [1.82, 2.24) is 9.97 Å². The van der Waals surface area contributed by atoms with Crippen molar-refractivity contribution in [3.8, 4) is 33.6 Å². The molecule has 0 radical (unpaired) electrons. The topological polar surface area (TPSA) is 33.5 Å². The minimum atomic E-state index is 1.09. The van der Waals surface area contributed by atoms with E-state index >= 15 is 0 Å². The van der Waals surface area contributed by atoms with Gasteiger partial charge in [0, 0.05) is 61.2 Å². The Labute approximate surface area is 264 Å². The lowest BCUT2D eigenvalue weighted by molar-refractivity contribution is -0.539. The molecule has 10 aromatic rings. The quantitative estimate of drug-likeness (QED) is 0.117. The molecule has 46 heavy (non-hydrogen) atoms. The van der Waals surface area contributed by atoms with Crippen LogP contribution in [0.4, 0.5) is 0 Å². The van der Waals surface area contributed by atoms with Crippen LogP contribution in [-0.2, 0) is 0 Å². The molecule has 0 unspecified atom stereocenters. The van der Waals surface area contributed by atoms with E-state index in [0.29, 0.717) is 0 Å².